The normalized spacial score (nSPS) is 19.3. The first-order chi connectivity index (χ1) is 37.6. The molecule has 408 valence electrons. The lowest BCUT2D eigenvalue weighted by Gasteiger charge is -2.47. The monoisotopic (exact) mass is 1070 g/mol. The molecule has 0 atom stereocenters. The van der Waals surface area contributed by atoms with Crippen LogP contribution in [0.1, 0.15) is 187 Å². The molecule has 0 bridgehead atoms. The minimum atomic E-state index is -0.217. The van der Waals surface area contributed by atoms with E-state index in [9.17, 15) is 0 Å². The third-order valence-electron chi connectivity index (χ3n) is 20.7. The van der Waals surface area contributed by atoms with Crippen molar-refractivity contribution in [1.29, 1.82) is 0 Å². The molecule has 2 nitrogen and oxygen atoms in total. The van der Waals surface area contributed by atoms with Crippen molar-refractivity contribution >= 4 is 78.0 Å². The molecule has 8 aromatic rings. The highest BCUT2D eigenvalue weighted by Gasteiger charge is 2.49. The molecule has 5 heteroatoms. The van der Waals surface area contributed by atoms with Crippen LogP contribution in [0.3, 0.4) is 0 Å². The van der Waals surface area contributed by atoms with Gasteiger partial charge in [0.15, 0.2) is 0 Å². The van der Waals surface area contributed by atoms with Gasteiger partial charge in [0, 0.05) is 48.9 Å². The largest absolute Gasteiger partial charge is 0.311 e. The van der Waals surface area contributed by atoms with Crippen LogP contribution in [0, 0.1) is 5.82 Å². The van der Waals surface area contributed by atoms with Crippen molar-refractivity contribution in [1.82, 2.24) is 0 Å². The minimum absolute atomic E-state index is 0.00269. The van der Waals surface area contributed by atoms with E-state index in [-0.39, 0.29) is 50.4 Å². The summed E-state index contributed by atoms with van der Waals surface area (Å²) in [5.41, 5.74) is 24.7. The molecular formula is C75H82BFN2S. The van der Waals surface area contributed by atoms with Crippen LogP contribution in [-0.2, 0) is 44.3 Å². The number of hydrogen-bond donors (Lipinski definition) is 0. The molecule has 13 rings (SSSR count). The molecule has 1 aromatic heterocycles. The summed E-state index contributed by atoms with van der Waals surface area (Å²) in [5, 5.41) is 1.33. The summed E-state index contributed by atoms with van der Waals surface area (Å²) in [4.78, 5) is 5.34. The topological polar surface area (TPSA) is 6.48 Å². The fourth-order valence-electron chi connectivity index (χ4n) is 15.3. The van der Waals surface area contributed by atoms with Crippen molar-refractivity contribution in [2.24, 2.45) is 0 Å². The van der Waals surface area contributed by atoms with Crippen LogP contribution in [0.2, 0.25) is 0 Å². The number of allylic oxidation sites excluding steroid dienone is 1. The number of halogens is 1. The molecular weight excluding hydrogens is 991 g/mol. The van der Waals surface area contributed by atoms with E-state index in [4.69, 9.17) is 0 Å². The van der Waals surface area contributed by atoms with E-state index in [1.165, 1.54) is 93.2 Å². The SMILES string of the molecule is C=CCc1cccc(F)c1-c1ccccc1-c1cc2c3c(c1)N(c1ccc(C(C)(C)C)cc1)c1c(sc4cc5c(cc14)C(C)(C)CCC5(C)C)B3c1cc3c(cc1N2c1ccc2c(c1)C(C)(C)CCC2(C)C)C(C)(C)CCC3(C)C. The van der Waals surface area contributed by atoms with Gasteiger partial charge in [-0.05, 0) is 216 Å². The summed E-state index contributed by atoms with van der Waals surface area (Å²) in [7, 11) is 0. The second-order valence-electron chi connectivity index (χ2n) is 29.8. The zero-order valence-corrected chi connectivity index (χ0v) is 51.4. The molecule has 0 fully saturated rings. The zero-order chi connectivity index (χ0) is 56.6. The first-order valence-electron chi connectivity index (χ1n) is 29.9. The van der Waals surface area contributed by atoms with Crippen LogP contribution in [0.5, 0.6) is 0 Å². The lowest BCUT2D eigenvalue weighted by atomic mass is 9.35. The van der Waals surface area contributed by atoms with Gasteiger partial charge >= 0.3 is 0 Å². The van der Waals surface area contributed by atoms with Gasteiger partial charge in [-0.3, -0.25) is 0 Å². The standard InChI is InChI=1S/C75H82BFN2S/c1-17-21-45-22-20-25-60(77)65(45)51-24-19-18-23-50(51)46-38-62-66-63(39-46)79(48-28-26-47(27-29-48)69(2,3)4)67-52-41-55-58(75(15,16)37-34-72(55,9)10)44-64(52)80-68(67)76(66)59-42-56-57(74(13,14)36-35-73(56,11)12)43-61(59)78(62)49-30-31-53-54(40-49)71(7,8)33-32-70(53,5)6/h17-20,22-31,38-44H,1,21,32-37H2,2-16H3. The average Bonchev–Trinajstić information content (AvgIpc) is 1.84. The maximum absolute atomic E-state index is 16.8. The van der Waals surface area contributed by atoms with Crippen molar-refractivity contribution in [2.45, 2.75) is 187 Å². The number of nitrogens with zero attached hydrogens (tertiary/aromatic N) is 2. The van der Waals surface area contributed by atoms with Crippen LogP contribution in [0.15, 0.2) is 134 Å². The van der Waals surface area contributed by atoms with Crippen LogP contribution >= 0.6 is 11.3 Å². The van der Waals surface area contributed by atoms with Gasteiger partial charge in [0.05, 0.1) is 5.69 Å². The van der Waals surface area contributed by atoms with Crippen molar-refractivity contribution in [2.75, 3.05) is 9.80 Å². The molecule has 5 aliphatic rings. The van der Waals surface area contributed by atoms with E-state index in [0.29, 0.717) is 12.0 Å². The molecule has 3 aliphatic carbocycles. The van der Waals surface area contributed by atoms with E-state index in [0.717, 1.165) is 66.5 Å². The molecule has 0 saturated heterocycles. The highest BCUT2D eigenvalue weighted by atomic mass is 32.1. The van der Waals surface area contributed by atoms with Gasteiger partial charge < -0.3 is 9.80 Å². The van der Waals surface area contributed by atoms with Crippen molar-refractivity contribution in [3.05, 3.63) is 184 Å². The summed E-state index contributed by atoms with van der Waals surface area (Å²) in [6, 6.07) is 46.7. The van der Waals surface area contributed by atoms with Gasteiger partial charge in [0.1, 0.15) is 5.82 Å². The Labute approximate surface area is 482 Å². The Hall–Kier alpha value is -6.17. The minimum Gasteiger partial charge on any atom is -0.311 e. The van der Waals surface area contributed by atoms with Crippen molar-refractivity contribution in [3.63, 3.8) is 0 Å². The smallest absolute Gasteiger partial charge is 0.264 e. The van der Waals surface area contributed by atoms with E-state index in [1.807, 2.05) is 23.5 Å². The third-order valence-corrected chi connectivity index (χ3v) is 21.9. The van der Waals surface area contributed by atoms with Gasteiger partial charge in [-0.15, -0.1) is 17.9 Å². The van der Waals surface area contributed by atoms with Gasteiger partial charge in [-0.25, -0.2) is 4.39 Å². The first-order valence-corrected chi connectivity index (χ1v) is 30.8. The number of anilines is 6. The fourth-order valence-corrected chi connectivity index (χ4v) is 16.6. The van der Waals surface area contributed by atoms with Gasteiger partial charge in [-0.1, -0.05) is 171 Å². The number of fused-ring (bicyclic) bond motifs is 9. The summed E-state index contributed by atoms with van der Waals surface area (Å²) in [6.45, 7) is 40.6. The Morgan fingerprint density at radius 1 is 0.537 bits per heavy atom. The summed E-state index contributed by atoms with van der Waals surface area (Å²) in [5.74, 6) is -0.217. The van der Waals surface area contributed by atoms with Gasteiger partial charge in [-0.2, -0.15) is 0 Å². The molecule has 80 heavy (non-hydrogen) atoms. The summed E-state index contributed by atoms with van der Waals surface area (Å²) in [6.07, 6.45) is 9.33. The van der Waals surface area contributed by atoms with Crippen LogP contribution in [0.25, 0.3) is 32.3 Å². The van der Waals surface area contributed by atoms with E-state index in [2.05, 4.69) is 229 Å². The van der Waals surface area contributed by atoms with E-state index >= 15 is 4.39 Å². The van der Waals surface area contributed by atoms with E-state index < -0.39 is 0 Å². The molecule has 0 N–H and O–H groups in total. The number of thiophene rings is 1. The Bertz CT molecular complexity index is 3910. The van der Waals surface area contributed by atoms with Crippen LogP contribution in [0.4, 0.5) is 38.5 Å². The predicted octanol–water partition coefficient (Wildman–Crippen LogP) is 19.5. The molecule has 0 radical (unpaired) electrons. The molecule has 2 aliphatic heterocycles. The summed E-state index contributed by atoms with van der Waals surface area (Å²) >= 11 is 2.03. The maximum atomic E-state index is 16.8. The van der Waals surface area contributed by atoms with Crippen LogP contribution in [-0.4, -0.2) is 6.71 Å². The fraction of sp³-hybridized carbons (Fsp3) is 0.387. The van der Waals surface area contributed by atoms with Gasteiger partial charge in [0.2, 0.25) is 0 Å². The number of rotatable bonds is 6. The number of benzene rings is 7. The second kappa shape index (κ2) is 17.7. The molecule has 3 heterocycles. The highest BCUT2D eigenvalue weighted by molar-refractivity contribution is 7.33. The lowest BCUT2D eigenvalue weighted by molar-refractivity contribution is 0.332. The quantitative estimate of drug-likeness (QED) is 0.121. The predicted molar refractivity (Wildman–Crippen MR) is 345 cm³/mol. The third kappa shape index (κ3) is 8.03. The highest BCUT2D eigenvalue weighted by Crippen LogP contribution is 2.56. The molecule has 0 saturated carbocycles. The van der Waals surface area contributed by atoms with Crippen molar-refractivity contribution in [3.8, 4) is 22.3 Å². The molecule has 0 unspecified atom stereocenters. The Balaban J connectivity index is 1.21. The Morgan fingerprint density at radius 3 is 1.66 bits per heavy atom. The van der Waals surface area contributed by atoms with Gasteiger partial charge in [0.25, 0.3) is 6.71 Å². The molecule has 7 aromatic carbocycles. The first kappa shape index (κ1) is 53.2. The molecule has 0 amide bonds. The summed E-state index contributed by atoms with van der Waals surface area (Å²) < 4.78 is 19.6. The average molecular weight is 1070 g/mol. The Morgan fingerprint density at radius 2 is 1.06 bits per heavy atom. The maximum Gasteiger partial charge on any atom is 0.264 e. The number of hydrogen-bond acceptors (Lipinski definition) is 3. The zero-order valence-electron chi connectivity index (χ0n) is 50.5. The lowest BCUT2D eigenvalue weighted by Crippen LogP contribution is -2.61. The Kier molecular flexibility index (Phi) is 11.7. The second-order valence-corrected chi connectivity index (χ2v) is 30.9. The van der Waals surface area contributed by atoms with E-state index in [1.54, 1.807) is 6.07 Å². The molecule has 0 spiro atoms. The van der Waals surface area contributed by atoms with Crippen molar-refractivity contribution < 1.29 is 4.39 Å². The van der Waals surface area contributed by atoms with Crippen LogP contribution < -0.4 is 25.5 Å².